The molecular formula is C19H27N3O3. The van der Waals surface area contributed by atoms with E-state index >= 15 is 0 Å². The molecule has 0 radical (unpaired) electrons. The summed E-state index contributed by atoms with van der Waals surface area (Å²) in [7, 11) is 0. The summed E-state index contributed by atoms with van der Waals surface area (Å²) in [5.41, 5.74) is 2.70. The van der Waals surface area contributed by atoms with Crippen LogP contribution in [0.25, 0.3) is 0 Å². The number of urea groups is 1. The Morgan fingerprint density at radius 2 is 2.12 bits per heavy atom. The highest BCUT2D eigenvalue weighted by molar-refractivity contribution is 5.74. The molecule has 0 unspecified atom stereocenters. The molecule has 1 spiro atoms. The zero-order valence-corrected chi connectivity index (χ0v) is 14.8. The molecule has 6 nitrogen and oxygen atoms in total. The Bertz CT molecular complexity index is 630. The van der Waals surface area contributed by atoms with E-state index in [4.69, 9.17) is 9.47 Å². The van der Waals surface area contributed by atoms with E-state index in [1.165, 1.54) is 11.1 Å². The predicted molar refractivity (Wildman–Crippen MR) is 94.6 cm³/mol. The number of likely N-dealkylation sites (tertiary alicyclic amines) is 1. The third kappa shape index (κ3) is 3.52. The normalized spacial score (nSPS) is 27.6. The maximum absolute atomic E-state index is 12.2. The van der Waals surface area contributed by atoms with Crippen LogP contribution in [-0.4, -0.2) is 62.2 Å². The molecule has 136 valence electrons. The molecule has 4 rings (SSSR count). The van der Waals surface area contributed by atoms with Gasteiger partial charge in [0, 0.05) is 38.0 Å². The van der Waals surface area contributed by atoms with Gasteiger partial charge in [-0.25, -0.2) is 4.79 Å². The van der Waals surface area contributed by atoms with Gasteiger partial charge in [-0.3, -0.25) is 4.90 Å². The summed E-state index contributed by atoms with van der Waals surface area (Å²) in [6.45, 7) is 6.77. The van der Waals surface area contributed by atoms with Crippen LogP contribution in [0.2, 0.25) is 0 Å². The fourth-order valence-corrected chi connectivity index (χ4v) is 4.27. The van der Waals surface area contributed by atoms with Crippen molar-refractivity contribution in [1.82, 2.24) is 15.5 Å². The maximum Gasteiger partial charge on any atom is 0.315 e. The summed E-state index contributed by atoms with van der Waals surface area (Å²) in [6.07, 6.45) is 1.82. The van der Waals surface area contributed by atoms with E-state index < -0.39 is 0 Å². The number of benzene rings is 1. The lowest BCUT2D eigenvalue weighted by Crippen LogP contribution is -2.45. The second-order valence-electron chi connectivity index (χ2n) is 7.33. The summed E-state index contributed by atoms with van der Waals surface area (Å²) in [5, 5.41) is 6.12. The molecule has 1 aromatic carbocycles. The molecule has 6 heteroatoms. The monoisotopic (exact) mass is 345 g/mol. The summed E-state index contributed by atoms with van der Waals surface area (Å²) < 4.78 is 11.5. The molecule has 1 aliphatic carbocycles. The van der Waals surface area contributed by atoms with Crippen molar-refractivity contribution in [2.24, 2.45) is 0 Å². The minimum atomic E-state index is -0.382. The molecule has 2 atom stereocenters. The highest BCUT2D eigenvalue weighted by atomic mass is 16.7. The number of rotatable bonds is 4. The molecule has 2 saturated heterocycles. The van der Waals surface area contributed by atoms with E-state index in [9.17, 15) is 4.79 Å². The highest BCUT2D eigenvalue weighted by Gasteiger charge is 2.42. The molecular weight excluding hydrogens is 318 g/mol. The van der Waals surface area contributed by atoms with E-state index in [0.717, 1.165) is 32.5 Å². The van der Waals surface area contributed by atoms with Crippen LogP contribution in [0.1, 0.15) is 30.4 Å². The summed E-state index contributed by atoms with van der Waals surface area (Å²) in [6, 6.07) is 8.55. The molecule has 0 bridgehead atoms. The Kier molecular flexibility index (Phi) is 4.67. The van der Waals surface area contributed by atoms with Crippen LogP contribution in [0.3, 0.4) is 0 Å². The topological polar surface area (TPSA) is 62.8 Å². The zero-order valence-electron chi connectivity index (χ0n) is 14.8. The van der Waals surface area contributed by atoms with E-state index in [0.29, 0.717) is 25.7 Å². The Morgan fingerprint density at radius 3 is 2.92 bits per heavy atom. The molecule has 2 fully saturated rings. The van der Waals surface area contributed by atoms with Gasteiger partial charge < -0.3 is 20.1 Å². The fraction of sp³-hybridized carbons (Fsp3) is 0.632. The number of fused-ring (bicyclic) bond motifs is 1. The highest BCUT2D eigenvalue weighted by Crippen LogP contribution is 2.32. The van der Waals surface area contributed by atoms with Crippen molar-refractivity contribution in [2.75, 3.05) is 39.4 Å². The number of carbonyl (C=O) groups is 1. The molecule has 2 amide bonds. The van der Waals surface area contributed by atoms with E-state index in [2.05, 4.69) is 46.7 Å². The quantitative estimate of drug-likeness (QED) is 0.867. The second-order valence-corrected chi connectivity index (χ2v) is 7.33. The number of hydrogen-bond acceptors (Lipinski definition) is 4. The summed E-state index contributed by atoms with van der Waals surface area (Å²) in [4.78, 5) is 14.5. The molecule has 1 aromatic rings. The van der Waals surface area contributed by atoms with Gasteiger partial charge >= 0.3 is 6.03 Å². The van der Waals surface area contributed by atoms with Gasteiger partial charge in [-0.05, 0) is 17.5 Å². The van der Waals surface area contributed by atoms with Crippen LogP contribution in [0.5, 0.6) is 0 Å². The Balaban J connectivity index is 1.19. The summed E-state index contributed by atoms with van der Waals surface area (Å²) >= 11 is 0. The van der Waals surface area contributed by atoms with Gasteiger partial charge in [0.25, 0.3) is 0 Å². The second kappa shape index (κ2) is 6.94. The number of hydrogen-bond donors (Lipinski definition) is 2. The van der Waals surface area contributed by atoms with Gasteiger partial charge in [0.15, 0.2) is 5.79 Å². The lowest BCUT2D eigenvalue weighted by molar-refractivity contribution is -0.145. The lowest BCUT2D eigenvalue weighted by Gasteiger charge is -2.23. The third-order valence-corrected chi connectivity index (χ3v) is 5.71. The van der Waals surface area contributed by atoms with E-state index in [-0.39, 0.29) is 17.9 Å². The first-order valence-corrected chi connectivity index (χ1v) is 9.28. The molecule has 2 N–H and O–H groups in total. The molecule has 0 aromatic heterocycles. The molecule has 2 heterocycles. The van der Waals surface area contributed by atoms with Gasteiger partial charge in [0.1, 0.15) is 0 Å². The number of nitrogens with zero attached hydrogens (tertiary/aromatic N) is 1. The van der Waals surface area contributed by atoms with Gasteiger partial charge in [0.05, 0.1) is 19.8 Å². The van der Waals surface area contributed by atoms with Gasteiger partial charge in [-0.2, -0.15) is 0 Å². The zero-order chi connectivity index (χ0) is 17.3. The fourth-order valence-electron chi connectivity index (χ4n) is 4.27. The Morgan fingerprint density at radius 1 is 1.32 bits per heavy atom. The standard InChI is InChI=1S/C19H27N3O3/c1-14-16-5-3-2-4-15(16)12-17(14)21-18(23)20-7-9-22-8-6-19(13-22)24-10-11-25-19/h2-5,14,17H,6-13H2,1H3,(H2,20,21,23)/t14-,17+/m0/s1. The van der Waals surface area contributed by atoms with Crippen molar-refractivity contribution in [3.63, 3.8) is 0 Å². The predicted octanol–water partition coefficient (Wildman–Crippen LogP) is 1.46. The van der Waals surface area contributed by atoms with Crippen LogP contribution < -0.4 is 10.6 Å². The smallest absolute Gasteiger partial charge is 0.315 e. The van der Waals surface area contributed by atoms with Crippen molar-refractivity contribution in [1.29, 1.82) is 0 Å². The number of ether oxygens (including phenoxy) is 2. The van der Waals surface area contributed by atoms with Crippen molar-refractivity contribution in [3.05, 3.63) is 35.4 Å². The lowest BCUT2D eigenvalue weighted by atomic mass is 10.0. The van der Waals surface area contributed by atoms with Crippen molar-refractivity contribution in [3.8, 4) is 0 Å². The summed E-state index contributed by atoms with van der Waals surface area (Å²) in [5.74, 6) is -0.0232. The van der Waals surface area contributed by atoms with Crippen LogP contribution in [0.15, 0.2) is 24.3 Å². The Hall–Kier alpha value is -1.63. The first kappa shape index (κ1) is 16.8. The number of nitrogens with one attached hydrogen (secondary N) is 2. The van der Waals surface area contributed by atoms with Crippen LogP contribution in [0.4, 0.5) is 4.79 Å². The van der Waals surface area contributed by atoms with E-state index in [1.54, 1.807) is 0 Å². The number of amides is 2. The van der Waals surface area contributed by atoms with Crippen molar-refractivity contribution < 1.29 is 14.3 Å². The maximum atomic E-state index is 12.2. The average molecular weight is 345 g/mol. The van der Waals surface area contributed by atoms with E-state index in [1.807, 2.05) is 0 Å². The van der Waals surface area contributed by atoms with Gasteiger partial charge in [-0.15, -0.1) is 0 Å². The van der Waals surface area contributed by atoms with Crippen LogP contribution in [-0.2, 0) is 15.9 Å². The largest absolute Gasteiger partial charge is 0.346 e. The molecule has 3 aliphatic rings. The van der Waals surface area contributed by atoms with Gasteiger partial charge in [0.2, 0.25) is 0 Å². The number of carbonyl (C=O) groups excluding carboxylic acids is 1. The van der Waals surface area contributed by atoms with Crippen molar-refractivity contribution >= 4 is 6.03 Å². The van der Waals surface area contributed by atoms with Crippen molar-refractivity contribution in [2.45, 2.75) is 37.5 Å². The Labute approximate surface area is 148 Å². The van der Waals surface area contributed by atoms with Crippen LogP contribution in [0, 0.1) is 0 Å². The minimum absolute atomic E-state index is 0.0769. The SMILES string of the molecule is C[C@H]1c2ccccc2C[C@H]1NC(=O)NCCN1CCC2(C1)OCCO2. The molecule has 25 heavy (non-hydrogen) atoms. The molecule has 2 aliphatic heterocycles. The third-order valence-electron chi connectivity index (χ3n) is 5.71. The minimum Gasteiger partial charge on any atom is -0.346 e. The first-order valence-electron chi connectivity index (χ1n) is 9.28. The molecule has 0 saturated carbocycles. The van der Waals surface area contributed by atoms with Crippen LogP contribution >= 0.6 is 0 Å². The first-order chi connectivity index (χ1) is 12.2. The van der Waals surface area contributed by atoms with Gasteiger partial charge in [-0.1, -0.05) is 31.2 Å². The average Bonchev–Trinajstić information content (AvgIpc) is 3.31.